The third-order valence-corrected chi connectivity index (χ3v) is 3.78. The van der Waals surface area contributed by atoms with E-state index in [1.165, 1.54) is 17.7 Å². The molecule has 3 heteroatoms. The molecule has 0 aliphatic rings. The highest BCUT2D eigenvalue weighted by atomic mass is 15.2. The Morgan fingerprint density at radius 3 is 2.43 bits per heavy atom. The molecule has 0 fully saturated rings. The Balaban J connectivity index is 2.88. The fourth-order valence-electron chi connectivity index (χ4n) is 2.17. The minimum atomic E-state index is 0.137. The molecule has 1 aromatic rings. The van der Waals surface area contributed by atoms with Gasteiger partial charge in [0.2, 0.25) is 0 Å². The molecular formula is C18H33N3. The molecule has 1 rings (SSSR count). The average Bonchev–Trinajstić information content (AvgIpc) is 2.43. The van der Waals surface area contributed by atoms with Gasteiger partial charge >= 0.3 is 0 Å². The molecule has 1 aromatic heterocycles. The first kappa shape index (κ1) is 18.0. The monoisotopic (exact) mass is 291 g/mol. The van der Waals surface area contributed by atoms with E-state index in [1.54, 1.807) is 0 Å². The van der Waals surface area contributed by atoms with Gasteiger partial charge in [-0.2, -0.15) is 0 Å². The molecule has 1 heterocycles. The lowest BCUT2D eigenvalue weighted by molar-refractivity contribution is 0.424. The zero-order valence-electron chi connectivity index (χ0n) is 15.0. The lowest BCUT2D eigenvalue weighted by Crippen LogP contribution is -2.35. The summed E-state index contributed by atoms with van der Waals surface area (Å²) >= 11 is 0. The fourth-order valence-corrected chi connectivity index (χ4v) is 2.17. The van der Waals surface area contributed by atoms with Crippen LogP contribution in [0.25, 0.3) is 0 Å². The van der Waals surface area contributed by atoms with Crippen molar-refractivity contribution in [1.82, 2.24) is 10.3 Å². The highest BCUT2D eigenvalue weighted by Crippen LogP contribution is 2.17. The van der Waals surface area contributed by atoms with Gasteiger partial charge in [0.15, 0.2) is 0 Å². The van der Waals surface area contributed by atoms with Crippen LogP contribution in [0.2, 0.25) is 0 Å². The molecule has 120 valence electrons. The predicted molar refractivity (Wildman–Crippen MR) is 92.9 cm³/mol. The number of anilines is 1. The lowest BCUT2D eigenvalue weighted by atomic mass is 10.1. The van der Waals surface area contributed by atoms with Crippen molar-refractivity contribution >= 4 is 5.82 Å². The van der Waals surface area contributed by atoms with E-state index in [2.05, 4.69) is 70.9 Å². The molecule has 0 amide bonds. The molecule has 1 unspecified atom stereocenters. The second kappa shape index (κ2) is 7.79. The molecule has 3 nitrogen and oxygen atoms in total. The van der Waals surface area contributed by atoms with E-state index < -0.39 is 0 Å². The maximum atomic E-state index is 4.78. The van der Waals surface area contributed by atoms with Gasteiger partial charge in [-0.15, -0.1) is 0 Å². The third kappa shape index (κ3) is 6.47. The van der Waals surface area contributed by atoms with E-state index in [0.29, 0.717) is 5.92 Å². The number of nitrogens with zero attached hydrogens (tertiary/aromatic N) is 2. The summed E-state index contributed by atoms with van der Waals surface area (Å²) < 4.78 is 0. The number of aryl methyl sites for hydroxylation is 1. The summed E-state index contributed by atoms with van der Waals surface area (Å²) in [5.74, 6) is 1.79. The number of aromatic nitrogens is 1. The van der Waals surface area contributed by atoms with E-state index in [-0.39, 0.29) is 5.54 Å². The number of rotatable bonds is 7. The largest absolute Gasteiger partial charge is 0.359 e. The van der Waals surface area contributed by atoms with E-state index in [0.717, 1.165) is 25.3 Å². The van der Waals surface area contributed by atoms with Gasteiger partial charge in [0.05, 0.1) is 0 Å². The van der Waals surface area contributed by atoms with Crippen molar-refractivity contribution in [3.63, 3.8) is 0 Å². The summed E-state index contributed by atoms with van der Waals surface area (Å²) in [6.07, 6.45) is 2.18. The zero-order chi connectivity index (χ0) is 16.0. The van der Waals surface area contributed by atoms with Crippen LogP contribution < -0.4 is 10.2 Å². The standard InChI is InChI=1S/C18H33N3/c1-8-14(3)13-21(7)17-11-15(10-16(9-2)20-17)12-19-18(4,5)6/h10-11,14,19H,8-9,12-13H2,1-7H3. The van der Waals surface area contributed by atoms with Crippen molar-refractivity contribution in [2.75, 3.05) is 18.5 Å². The van der Waals surface area contributed by atoms with Gasteiger partial charge in [-0.25, -0.2) is 4.98 Å². The molecule has 1 atom stereocenters. The van der Waals surface area contributed by atoms with Crippen LogP contribution in [0.1, 0.15) is 59.2 Å². The molecule has 0 saturated heterocycles. The first-order chi connectivity index (χ1) is 9.75. The number of hydrogen-bond donors (Lipinski definition) is 1. The van der Waals surface area contributed by atoms with Crippen LogP contribution in [0.15, 0.2) is 12.1 Å². The Kier molecular flexibility index (Phi) is 6.66. The normalized spacial score (nSPS) is 13.3. The van der Waals surface area contributed by atoms with Crippen molar-refractivity contribution < 1.29 is 0 Å². The van der Waals surface area contributed by atoms with Gasteiger partial charge in [0, 0.05) is 31.4 Å². The van der Waals surface area contributed by atoms with Gasteiger partial charge < -0.3 is 10.2 Å². The smallest absolute Gasteiger partial charge is 0.128 e. The summed E-state index contributed by atoms with van der Waals surface area (Å²) in [5.41, 5.74) is 2.63. The van der Waals surface area contributed by atoms with E-state index in [9.17, 15) is 0 Å². The number of pyridine rings is 1. The van der Waals surface area contributed by atoms with Crippen molar-refractivity contribution in [2.45, 2.75) is 66.5 Å². The van der Waals surface area contributed by atoms with Crippen molar-refractivity contribution in [1.29, 1.82) is 0 Å². The lowest BCUT2D eigenvalue weighted by Gasteiger charge is -2.24. The van der Waals surface area contributed by atoms with Crippen molar-refractivity contribution in [3.05, 3.63) is 23.4 Å². The maximum Gasteiger partial charge on any atom is 0.128 e. The Labute approximate surface area is 131 Å². The zero-order valence-corrected chi connectivity index (χ0v) is 15.0. The Bertz CT molecular complexity index is 435. The summed E-state index contributed by atoms with van der Waals surface area (Å²) in [7, 11) is 2.15. The quantitative estimate of drug-likeness (QED) is 0.822. The van der Waals surface area contributed by atoms with Crippen LogP contribution in [-0.4, -0.2) is 24.1 Å². The number of nitrogens with one attached hydrogen (secondary N) is 1. The van der Waals surface area contributed by atoms with E-state index in [1.807, 2.05) is 0 Å². The minimum Gasteiger partial charge on any atom is -0.359 e. The SMILES string of the molecule is CCc1cc(CNC(C)(C)C)cc(N(C)CC(C)CC)n1. The Hall–Kier alpha value is -1.09. The highest BCUT2D eigenvalue weighted by molar-refractivity contribution is 5.42. The molecule has 0 spiro atoms. The molecule has 0 radical (unpaired) electrons. The average molecular weight is 291 g/mol. The number of hydrogen-bond acceptors (Lipinski definition) is 3. The molecule has 0 aromatic carbocycles. The first-order valence-electron chi connectivity index (χ1n) is 8.21. The van der Waals surface area contributed by atoms with Crippen LogP contribution in [0, 0.1) is 5.92 Å². The molecule has 1 N–H and O–H groups in total. The van der Waals surface area contributed by atoms with Gasteiger partial charge in [-0.3, -0.25) is 0 Å². The summed E-state index contributed by atoms with van der Waals surface area (Å²) in [6, 6.07) is 4.44. The molecule has 0 aliphatic heterocycles. The van der Waals surface area contributed by atoms with Gasteiger partial charge in [-0.1, -0.05) is 27.2 Å². The summed E-state index contributed by atoms with van der Waals surface area (Å²) in [4.78, 5) is 7.07. The summed E-state index contributed by atoms with van der Waals surface area (Å²) in [5, 5.41) is 3.56. The maximum absolute atomic E-state index is 4.78. The Morgan fingerprint density at radius 2 is 1.90 bits per heavy atom. The second-order valence-electron chi connectivity index (χ2n) is 7.18. The van der Waals surface area contributed by atoms with E-state index >= 15 is 0 Å². The van der Waals surface area contributed by atoms with Gasteiger partial charge in [0.25, 0.3) is 0 Å². The van der Waals surface area contributed by atoms with Crippen molar-refractivity contribution in [2.24, 2.45) is 5.92 Å². The molecule has 0 saturated carbocycles. The van der Waals surface area contributed by atoms with Crippen LogP contribution in [0.5, 0.6) is 0 Å². The summed E-state index contributed by atoms with van der Waals surface area (Å²) in [6.45, 7) is 15.3. The minimum absolute atomic E-state index is 0.137. The van der Waals surface area contributed by atoms with Crippen LogP contribution in [-0.2, 0) is 13.0 Å². The first-order valence-corrected chi connectivity index (χ1v) is 8.21. The topological polar surface area (TPSA) is 28.2 Å². The molecular weight excluding hydrogens is 258 g/mol. The predicted octanol–water partition coefficient (Wildman–Crippen LogP) is 4.01. The highest BCUT2D eigenvalue weighted by Gasteiger charge is 2.12. The van der Waals surface area contributed by atoms with Gasteiger partial charge in [-0.05, 0) is 50.8 Å². The molecule has 0 aliphatic carbocycles. The van der Waals surface area contributed by atoms with Crippen LogP contribution in [0.3, 0.4) is 0 Å². The van der Waals surface area contributed by atoms with Crippen molar-refractivity contribution in [3.8, 4) is 0 Å². The van der Waals surface area contributed by atoms with E-state index in [4.69, 9.17) is 4.98 Å². The third-order valence-electron chi connectivity index (χ3n) is 3.78. The van der Waals surface area contributed by atoms with Crippen LogP contribution >= 0.6 is 0 Å². The Morgan fingerprint density at radius 1 is 1.24 bits per heavy atom. The van der Waals surface area contributed by atoms with Crippen LogP contribution in [0.4, 0.5) is 5.82 Å². The van der Waals surface area contributed by atoms with Gasteiger partial charge in [0.1, 0.15) is 5.82 Å². The molecule has 21 heavy (non-hydrogen) atoms. The fraction of sp³-hybridized carbons (Fsp3) is 0.722. The second-order valence-corrected chi connectivity index (χ2v) is 7.18. The molecule has 0 bridgehead atoms.